The number of methoxy groups -OCH3 is 1. The van der Waals surface area contributed by atoms with Gasteiger partial charge in [0.05, 0.1) is 19.2 Å². The van der Waals surface area contributed by atoms with Crippen LogP contribution in [0.4, 0.5) is 5.69 Å². The molecule has 1 atom stereocenters. The van der Waals surface area contributed by atoms with Crippen LogP contribution in [0.25, 0.3) is 11.1 Å². The molecule has 0 fully saturated rings. The number of amidine groups is 1. The Morgan fingerprint density at radius 2 is 1.83 bits per heavy atom. The number of anilines is 1. The second kappa shape index (κ2) is 9.80. The van der Waals surface area contributed by atoms with Crippen LogP contribution in [-0.4, -0.2) is 36.1 Å². The third kappa shape index (κ3) is 5.06. The molecule has 0 spiro atoms. The Morgan fingerprint density at radius 3 is 2.51 bits per heavy atom. The van der Waals surface area contributed by atoms with Crippen LogP contribution in [0.5, 0.6) is 0 Å². The Kier molecular flexibility index (Phi) is 6.64. The van der Waals surface area contributed by atoms with E-state index < -0.39 is 17.5 Å². The van der Waals surface area contributed by atoms with E-state index in [1.54, 1.807) is 36.4 Å². The van der Waals surface area contributed by atoms with Crippen molar-refractivity contribution in [3.63, 3.8) is 0 Å². The predicted molar refractivity (Wildman–Crippen MR) is 134 cm³/mol. The van der Waals surface area contributed by atoms with Crippen LogP contribution >= 0.6 is 0 Å². The summed E-state index contributed by atoms with van der Waals surface area (Å²) in [6.07, 6.45) is -0.257. The van der Waals surface area contributed by atoms with Gasteiger partial charge in [-0.25, -0.2) is 0 Å². The van der Waals surface area contributed by atoms with E-state index in [1.807, 2.05) is 43.3 Å². The Morgan fingerprint density at radius 1 is 1.09 bits per heavy atom. The van der Waals surface area contributed by atoms with Gasteiger partial charge in [-0.2, -0.15) is 0 Å². The van der Waals surface area contributed by atoms with Crippen LogP contribution in [0.15, 0.2) is 78.0 Å². The topological polar surface area (TPSA) is 127 Å². The minimum Gasteiger partial charge on any atom is -0.469 e. The van der Waals surface area contributed by atoms with E-state index in [0.717, 1.165) is 16.7 Å². The Hall–Kier alpha value is -4.46. The second-order valence-electron chi connectivity index (χ2n) is 8.39. The maximum atomic E-state index is 13.4. The summed E-state index contributed by atoms with van der Waals surface area (Å²) in [6, 6.07) is 22.4. The summed E-state index contributed by atoms with van der Waals surface area (Å²) in [5.74, 6) is -1.18. The first-order valence-electron chi connectivity index (χ1n) is 11.1. The molecular weight excluding hydrogens is 444 g/mol. The number of benzene rings is 3. The molecule has 1 heterocycles. The molecule has 8 heteroatoms. The molecule has 1 unspecified atom stereocenters. The zero-order chi connectivity index (χ0) is 25.0. The number of aryl methyl sites for hydroxylation is 1. The van der Waals surface area contributed by atoms with Gasteiger partial charge in [0.25, 0.3) is 5.91 Å². The highest BCUT2D eigenvalue weighted by atomic mass is 16.7. The molecule has 35 heavy (non-hydrogen) atoms. The van der Waals surface area contributed by atoms with Gasteiger partial charge in [0.15, 0.2) is 0 Å². The minimum absolute atomic E-state index is 0.0522. The number of rotatable bonds is 7. The van der Waals surface area contributed by atoms with E-state index in [2.05, 4.69) is 10.5 Å². The van der Waals surface area contributed by atoms with Gasteiger partial charge in [0, 0.05) is 23.2 Å². The van der Waals surface area contributed by atoms with E-state index in [0.29, 0.717) is 22.5 Å². The number of carbonyl (C=O) groups excluding carboxylic acids is 2. The van der Waals surface area contributed by atoms with E-state index in [-0.39, 0.29) is 18.7 Å². The zero-order valence-electron chi connectivity index (χ0n) is 19.5. The molecule has 0 aromatic heterocycles. The fourth-order valence-electron chi connectivity index (χ4n) is 3.98. The first-order chi connectivity index (χ1) is 16.8. The molecule has 0 saturated heterocycles. The van der Waals surface area contributed by atoms with Crippen molar-refractivity contribution in [2.75, 3.05) is 12.4 Å². The standard InChI is InChI=1S/C27H26N4O4/c1-17-6-3-4-9-22(17)18-10-12-21(13-11-18)30-26(33)27(16-24(32)34-2)15-23(31-35-27)19-7-5-8-20(14-19)25(28)29/h3-14H,15-16H2,1-2H3,(H3,28,29)(H,30,33). The van der Waals surface area contributed by atoms with Crippen LogP contribution < -0.4 is 11.1 Å². The number of hydrogen-bond donors (Lipinski definition) is 3. The second-order valence-corrected chi connectivity index (χ2v) is 8.39. The number of esters is 1. The summed E-state index contributed by atoms with van der Waals surface area (Å²) in [7, 11) is 1.26. The SMILES string of the molecule is COC(=O)CC1(C(=O)Nc2ccc(-c3ccccc3C)cc2)CC(c2cccc(C(=N)N)c2)=NO1. The lowest BCUT2D eigenvalue weighted by atomic mass is 9.89. The highest BCUT2D eigenvalue weighted by Crippen LogP contribution is 2.33. The van der Waals surface area contributed by atoms with Crippen molar-refractivity contribution in [3.05, 3.63) is 89.5 Å². The van der Waals surface area contributed by atoms with Gasteiger partial charge < -0.3 is 20.6 Å². The van der Waals surface area contributed by atoms with Crippen molar-refractivity contribution in [1.29, 1.82) is 5.41 Å². The van der Waals surface area contributed by atoms with Gasteiger partial charge in [-0.05, 0) is 41.8 Å². The van der Waals surface area contributed by atoms with Crippen molar-refractivity contribution in [2.24, 2.45) is 10.9 Å². The molecule has 8 nitrogen and oxygen atoms in total. The van der Waals surface area contributed by atoms with Gasteiger partial charge in [0.2, 0.25) is 5.60 Å². The molecule has 0 aliphatic carbocycles. The number of nitrogens with one attached hydrogen (secondary N) is 2. The molecule has 4 rings (SSSR count). The normalized spacial score (nSPS) is 16.7. The summed E-state index contributed by atoms with van der Waals surface area (Å²) >= 11 is 0. The first-order valence-corrected chi connectivity index (χ1v) is 11.1. The van der Waals surface area contributed by atoms with Crippen LogP contribution in [0.3, 0.4) is 0 Å². The molecule has 1 amide bonds. The lowest BCUT2D eigenvalue weighted by Crippen LogP contribution is -2.45. The number of oxime groups is 1. The zero-order valence-corrected chi connectivity index (χ0v) is 19.5. The van der Waals surface area contributed by atoms with Crippen LogP contribution in [0, 0.1) is 12.3 Å². The fourth-order valence-corrected chi connectivity index (χ4v) is 3.98. The number of nitrogens with zero attached hydrogens (tertiary/aromatic N) is 1. The minimum atomic E-state index is -1.57. The van der Waals surface area contributed by atoms with Gasteiger partial charge in [-0.15, -0.1) is 0 Å². The van der Waals surface area contributed by atoms with Crippen molar-refractivity contribution in [3.8, 4) is 11.1 Å². The van der Waals surface area contributed by atoms with Gasteiger partial charge in [-0.3, -0.25) is 15.0 Å². The van der Waals surface area contributed by atoms with Crippen molar-refractivity contribution in [1.82, 2.24) is 0 Å². The Bertz CT molecular complexity index is 1320. The molecule has 1 aliphatic heterocycles. The van der Waals surface area contributed by atoms with Crippen molar-refractivity contribution < 1.29 is 19.2 Å². The van der Waals surface area contributed by atoms with Gasteiger partial charge in [0.1, 0.15) is 5.84 Å². The molecule has 0 radical (unpaired) electrons. The van der Waals surface area contributed by atoms with E-state index in [9.17, 15) is 9.59 Å². The summed E-state index contributed by atoms with van der Waals surface area (Å²) in [4.78, 5) is 31.2. The predicted octanol–water partition coefficient (Wildman–Crippen LogP) is 4.01. The number of nitrogens with two attached hydrogens (primary N) is 1. The summed E-state index contributed by atoms with van der Waals surface area (Å²) in [5.41, 5.74) is 9.53. The molecule has 178 valence electrons. The quantitative estimate of drug-likeness (QED) is 0.273. The molecular formula is C27H26N4O4. The Balaban J connectivity index is 1.55. The highest BCUT2D eigenvalue weighted by molar-refractivity contribution is 6.10. The molecule has 3 aromatic carbocycles. The average molecular weight is 471 g/mol. The molecule has 0 saturated carbocycles. The number of hydrogen-bond acceptors (Lipinski definition) is 6. The third-order valence-corrected chi connectivity index (χ3v) is 5.96. The third-order valence-electron chi connectivity index (χ3n) is 5.96. The lowest BCUT2D eigenvalue weighted by Gasteiger charge is -2.24. The smallest absolute Gasteiger partial charge is 0.310 e. The summed E-state index contributed by atoms with van der Waals surface area (Å²) < 4.78 is 4.81. The van der Waals surface area contributed by atoms with Gasteiger partial charge >= 0.3 is 5.97 Å². The van der Waals surface area contributed by atoms with Crippen LogP contribution in [0.2, 0.25) is 0 Å². The van der Waals surface area contributed by atoms with Crippen LogP contribution in [0.1, 0.15) is 29.5 Å². The van der Waals surface area contributed by atoms with Crippen molar-refractivity contribution >= 4 is 29.1 Å². The first kappa shape index (κ1) is 23.7. The molecule has 4 N–H and O–H groups in total. The number of amides is 1. The van der Waals surface area contributed by atoms with E-state index in [4.69, 9.17) is 20.7 Å². The molecule has 3 aromatic rings. The number of carbonyl (C=O) groups is 2. The molecule has 0 bridgehead atoms. The van der Waals surface area contributed by atoms with E-state index in [1.165, 1.54) is 7.11 Å². The fraction of sp³-hybridized carbons (Fsp3) is 0.185. The Labute approximate surface area is 203 Å². The largest absolute Gasteiger partial charge is 0.469 e. The van der Waals surface area contributed by atoms with Gasteiger partial charge in [-0.1, -0.05) is 59.8 Å². The molecule has 1 aliphatic rings. The van der Waals surface area contributed by atoms with Crippen LogP contribution in [-0.2, 0) is 19.2 Å². The lowest BCUT2D eigenvalue weighted by molar-refractivity contribution is -0.155. The summed E-state index contributed by atoms with van der Waals surface area (Å²) in [5, 5.41) is 14.6. The van der Waals surface area contributed by atoms with E-state index >= 15 is 0 Å². The number of ether oxygens (including phenoxy) is 1. The highest BCUT2D eigenvalue weighted by Gasteiger charge is 2.49. The number of nitrogen functional groups attached to an aromatic ring is 1. The average Bonchev–Trinajstić information content (AvgIpc) is 3.30. The summed E-state index contributed by atoms with van der Waals surface area (Å²) in [6.45, 7) is 2.04. The van der Waals surface area contributed by atoms with Crippen molar-refractivity contribution in [2.45, 2.75) is 25.4 Å². The monoisotopic (exact) mass is 470 g/mol. The maximum Gasteiger partial charge on any atom is 0.310 e. The maximum absolute atomic E-state index is 13.4.